The Kier molecular flexibility index (Phi) is 5.67. The zero-order valence-electron chi connectivity index (χ0n) is 12.6. The number of carbonyl (C=O) groups excluding carboxylic acids is 1. The third kappa shape index (κ3) is 5.82. The maximum absolute atomic E-state index is 12.0. The van der Waals surface area contributed by atoms with Crippen molar-refractivity contribution in [2.24, 2.45) is 0 Å². The van der Waals surface area contributed by atoms with Crippen LogP contribution in [0.25, 0.3) is 0 Å². The Balaban J connectivity index is 2.61. The van der Waals surface area contributed by atoms with Crippen LogP contribution in [0, 0.1) is 0 Å². The van der Waals surface area contributed by atoms with Crippen molar-refractivity contribution in [1.29, 1.82) is 0 Å². The minimum atomic E-state index is -3.79. The van der Waals surface area contributed by atoms with Gasteiger partial charge in [0.1, 0.15) is 5.60 Å². The van der Waals surface area contributed by atoms with Crippen LogP contribution in [-0.4, -0.2) is 37.6 Å². The molecular weight excluding hydrogens is 310 g/mol. The Bertz CT molecular complexity index is 643. The zero-order valence-corrected chi connectivity index (χ0v) is 13.4. The summed E-state index contributed by atoms with van der Waals surface area (Å²) in [5, 5.41) is 8.76. The molecule has 0 spiro atoms. The van der Waals surface area contributed by atoms with Gasteiger partial charge in [-0.1, -0.05) is 0 Å². The number of carbonyl (C=O) groups is 2. The molecule has 0 saturated heterocycles. The molecule has 0 unspecified atom stereocenters. The molecule has 0 fully saturated rings. The average Bonchev–Trinajstić information content (AvgIpc) is 2.36. The number of hydrogen-bond donors (Lipinski definition) is 2. The number of sulfonamides is 1. The Morgan fingerprint density at radius 2 is 1.73 bits per heavy atom. The topological polar surface area (TPSA) is 110 Å². The number of aromatic carboxylic acids is 1. The lowest BCUT2D eigenvalue weighted by atomic mass is 10.2. The number of benzene rings is 1. The summed E-state index contributed by atoms with van der Waals surface area (Å²) in [6.07, 6.45) is -0.0935. The molecule has 2 N–H and O–H groups in total. The highest BCUT2D eigenvalue weighted by Crippen LogP contribution is 2.11. The van der Waals surface area contributed by atoms with E-state index in [2.05, 4.69) is 4.72 Å². The molecule has 1 aromatic carbocycles. The molecule has 0 aromatic heterocycles. The van der Waals surface area contributed by atoms with Gasteiger partial charge < -0.3 is 9.84 Å². The molecule has 0 aliphatic carbocycles. The van der Waals surface area contributed by atoms with Gasteiger partial charge in [0.2, 0.25) is 10.0 Å². The van der Waals surface area contributed by atoms with E-state index in [1.54, 1.807) is 20.8 Å². The predicted octanol–water partition coefficient (Wildman–Crippen LogP) is 1.39. The molecule has 0 heterocycles. The van der Waals surface area contributed by atoms with E-state index in [1.807, 2.05) is 0 Å². The molecular formula is C14H19NO6S. The summed E-state index contributed by atoms with van der Waals surface area (Å²) in [7, 11) is -3.79. The number of carboxylic acid groups (broad SMARTS) is 1. The van der Waals surface area contributed by atoms with Gasteiger partial charge in [0.15, 0.2) is 0 Å². The Morgan fingerprint density at radius 3 is 2.18 bits per heavy atom. The smallest absolute Gasteiger partial charge is 0.335 e. The first-order valence-electron chi connectivity index (χ1n) is 6.56. The molecule has 0 amide bonds. The Hall–Kier alpha value is -1.93. The summed E-state index contributed by atoms with van der Waals surface area (Å²) in [4.78, 5) is 22.1. The van der Waals surface area contributed by atoms with Crippen LogP contribution >= 0.6 is 0 Å². The summed E-state index contributed by atoms with van der Waals surface area (Å²) in [5.74, 6) is -1.64. The fourth-order valence-electron chi connectivity index (χ4n) is 1.54. The van der Waals surface area contributed by atoms with Crippen molar-refractivity contribution >= 4 is 22.0 Å². The Labute approximate surface area is 129 Å². The van der Waals surface area contributed by atoms with Crippen LogP contribution in [-0.2, 0) is 19.6 Å². The lowest BCUT2D eigenvalue weighted by Crippen LogP contribution is -2.29. The second kappa shape index (κ2) is 6.89. The lowest BCUT2D eigenvalue weighted by molar-refractivity contribution is -0.154. The van der Waals surface area contributed by atoms with E-state index in [4.69, 9.17) is 9.84 Å². The van der Waals surface area contributed by atoms with Crippen LogP contribution in [0.4, 0.5) is 0 Å². The number of ether oxygens (including phenoxy) is 1. The van der Waals surface area contributed by atoms with E-state index in [-0.39, 0.29) is 23.4 Å². The summed E-state index contributed by atoms with van der Waals surface area (Å²) in [5.41, 5.74) is -0.629. The number of nitrogens with one attached hydrogen (secondary N) is 1. The SMILES string of the molecule is CC(C)(C)OC(=O)CCNS(=O)(=O)c1ccc(C(=O)O)cc1. The van der Waals surface area contributed by atoms with Crippen molar-refractivity contribution in [2.75, 3.05) is 6.54 Å². The van der Waals surface area contributed by atoms with Crippen LogP contribution in [0.2, 0.25) is 0 Å². The molecule has 0 aliphatic heterocycles. The number of esters is 1. The van der Waals surface area contributed by atoms with Gasteiger partial charge in [-0.05, 0) is 45.0 Å². The largest absolute Gasteiger partial charge is 0.478 e. The summed E-state index contributed by atoms with van der Waals surface area (Å²) in [6, 6.07) is 4.79. The summed E-state index contributed by atoms with van der Waals surface area (Å²) >= 11 is 0. The van der Waals surface area contributed by atoms with E-state index < -0.39 is 27.6 Å². The van der Waals surface area contributed by atoms with Crippen LogP contribution < -0.4 is 4.72 Å². The molecule has 0 saturated carbocycles. The van der Waals surface area contributed by atoms with E-state index in [0.29, 0.717) is 0 Å². The minimum absolute atomic E-state index is 0.00675. The summed E-state index contributed by atoms with van der Waals surface area (Å²) in [6.45, 7) is 5.06. The molecule has 0 radical (unpaired) electrons. The van der Waals surface area contributed by atoms with Gasteiger partial charge in [0.25, 0.3) is 0 Å². The predicted molar refractivity (Wildman–Crippen MR) is 79.1 cm³/mol. The molecule has 0 aliphatic rings. The minimum Gasteiger partial charge on any atom is -0.478 e. The molecule has 0 atom stereocenters. The average molecular weight is 329 g/mol. The van der Waals surface area contributed by atoms with Crippen LogP contribution in [0.1, 0.15) is 37.6 Å². The van der Waals surface area contributed by atoms with Crippen LogP contribution in [0.15, 0.2) is 29.2 Å². The van der Waals surface area contributed by atoms with E-state index in [0.717, 1.165) is 0 Å². The fourth-order valence-corrected chi connectivity index (χ4v) is 2.57. The van der Waals surface area contributed by atoms with Gasteiger partial charge in [0.05, 0.1) is 16.9 Å². The highest BCUT2D eigenvalue weighted by atomic mass is 32.2. The lowest BCUT2D eigenvalue weighted by Gasteiger charge is -2.19. The van der Waals surface area contributed by atoms with Gasteiger partial charge in [-0.2, -0.15) is 0 Å². The summed E-state index contributed by atoms with van der Waals surface area (Å²) < 4.78 is 31.3. The molecule has 1 rings (SSSR count). The van der Waals surface area contributed by atoms with Crippen molar-refractivity contribution in [3.63, 3.8) is 0 Å². The second-order valence-corrected chi connectivity index (χ2v) is 7.33. The first kappa shape index (κ1) is 18.1. The normalized spacial score (nSPS) is 12.0. The quantitative estimate of drug-likeness (QED) is 0.763. The number of hydrogen-bond acceptors (Lipinski definition) is 5. The van der Waals surface area contributed by atoms with Crippen LogP contribution in [0.3, 0.4) is 0 Å². The molecule has 8 heteroatoms. The fraction of sp³-hybridized carbons (Fsp3) is 0.429. The highest BCUT2D eigenvalue weighted by Gasteiger charge is 2.18. The second-order valence-electron chi connectivity index (χ2n) is 5.56. The maximum atomic E-state index is 12.0. The van der Waals surface area contributed by atoms with E-state index in [9.17, 15) is 18.0 Å². The molecule has 7 nitrogen and oxygen atoms in total. The van der Waals surface area contributed by atoms with Gasteiger partial charge in [-0.25, -0.2) is 17.9 Å². The van der Waals surface area contributed by atoms with Crippen molar-refractivity contribution < 1.29 is 27.9 Å². The third-order valence-corrected chi connectivity index (χ3v) is 3.93. The van der Waals surface area contributed by atoms with Crippen molar-refractivity contribution in [3.05, 3.63) is 29.8 Å². The van der Waals surface area contributed by atoms with Gasteiger partial charge >= 0.3 is 11.9 Å². The number of carboxylic acids is 1. The van der Waals surface area contributed by atoms with Gasteiger partial charge in [-0.15, -0.1) is 0 Å². The van der Waals surface area contributed by atoms with E-state index >= 15 is 0 Å². The number of rotatable bonds is 6. The van der Waals surface area contributed by atoms with Crippen molar-refractivity contribution in [1.82, 2.24) is 4.72 Å². The maximum Gasteiger partial charge on any atom is 0.335 e. The third-order valence-electron chi connectivity index (χ3n) is 2.45. The zero-order chi connectivity index (χ0) is 17.0. The van der Waals surface area contributed by atoms with Gasteiger partial charge in [-0.3, -0.25) is 4.79 Å². The standard InChI is InChI=1S/C14H19NO6S/c1-14(2,3)21-12(16)8-9-15-22(19,20)11-6-4-10(5-7-11)13(17)18/h4-7,15H,8-9H2,1-3H3,(H,17,18). The molecule has 122 valence electrons. The molecule has 22 heavy (non-hydrogen) atoms. The first-order valence-corrected chi connectivity index (χ1v) is 8.04. The van der Waals surface area contributed by atoms with Crippen LogP contribution in [0.5, 0.6) is 0 Å². The van der Waals surface area contributed by atoms with Crippen molar-refractivity contribution in [2.45, 2.75) is 37.7 Å². The molecule has 1 aromatic rings. The van der Waals surface area contributed by atoms with Crippen molar-refractivity contribution in [3.8, 4) is 0 Å². The first-order chi connectivity index (χ1) is 10.0. The van der Waals surface area contributed by atoms with E-state index in [1.165, 1.54) is 24.3 Å². The molecule has 0 bridgehead atoms. The Morgan fingerprint density at radius 1 is 1.18 bits per heavy atom. The highest BCUT2D eigenvalue weighted by molar-refractivity contribution is 7.89. The van der Waals surface area contributed by atoms with Gasteiger partial charge in [0, 0.05) is 6.54 Å². The monoisotopic (exact) mass is 329 g/mol.